The molecular formula is C27H23F3N4O2S2. The predicted octanol–water partition coefficient (Wildman–Crippen LogP) is 6.17. The van der Waals surface area contributed by atoms with Gasteiger partial charge in [0.2, 0.25) is 0 Å². The van der Waals surface area contributed by atoms with Crippen molar-refractivity contribution < 1.29 is 22.8 Å². The van der Waals surface area contributed by atoms with Gasteiger partial charge in [-0.25, -0.2) is 9.97 Å². The van der Waals surface area contributed by atoms with E-state index >= 15 is 0 Å². The third-order valence-corrected chi connectivity index (χ3v) is 9.33. The number of nitrogens with one attached hydrogen (secondary N) is 1. The van der Waals surface area contributed by atoms with Crippen LogP contribution in [0.5, 0.6) is 0 Å². The standard InChI is InChI=1S/C27H23F3N4O2S2/c1-14-33-22(23(38-14)16-4-2-5-17(10-16)27(28,29)30)26(36)34-18-9-8-15(11-18)21(34)12-31-25(35)19-6-3-7-20-24(19)37-13-32-20/h2-7,10,13,15,18,21H,8-9,11-12H2,1H3,(H,31,35)/t15-,18+,21+/m0/s1. The van der Waals surface area contributed by atoms with E-state index in [1.807, 2.05) is 11.0 Å². The molecule has 1 N–H and O–H groups in total. The Bertz CT molecular complexity index is 1550. The molecule has 0 unspecified atom stereocenters. The molecule has 1 saturated carbocycles. The SMILES string of the molecule is Cc1nc(C(=O)N2[C@@H]3CC[C@@H](C3)[C@H]2CNC(=O)c2cccc3ncsc23)c(-c2cccc(C(F)(F)F)c2)s1. The highest BCUT2D eigenvalue weighted by Gasteiger charge is 2.49. The first-order valence-electron chi connectivity index (χ1n) is 12.3. The van der Waals surface area contributed by atoms with Crippen LogP contribution in [0.25, 0.3) is 20.7 Å². The number of fused-ring (bicyclic) bond motifs is 3. The van der Waals surface area contributed by atoms with Crippen molar-refractivity contribution in [3.8, 4) is 10.4 Å². The van der Waals surface area contributed by atoms with E-state index in [1.165, 1.54) is 28.7 Å². The van der Waals surface area contributed by atoms with Crippen LogP contribution in [0.1, 0.15) is 50.7 Å². The maximum Gasteiger partial charge on any atom is 0.416 e. The average molecular weight is 557 g/mol. The molecule has 0 spiro atoms. The van der Waals surface area contributed by atoms with E-state index in [-0.39, 0.29) is 35.5 Å². The largest absolute Gasteiger partial charge is 0.416 e. The molecule has 2 amide bonds. The molecule has 2 aromatic carbocycles. The molecule has 11 heteroatoms. The molecule has 2 aromatic heterocycles. The van der Waals surface area contributed by atoms with E-state index < -0.39 is 11.7 Å². The summed E-state index contributed by atoms with van der Waals surface area (Å²) in [6, 6.07) is 10.2. The van der Waals surface area contributed by atoms with Crippen LogP contribution in [0.2, 0.25) is 0 Å². The maximum absolute atomic E-state index is 13.9. The number of aryl methyl sites for hydroxylation is 1. The Balaban J connectivity index is 1.27. The molecule has 2 fully saturated rings. The summed E-state index contributed by atoms with van der Waals surface area (Å²) in [6.45, 7) is 2.04. The smallest absolute Gasteiger partial charge is 0.350 e. The minimum absolute atomic E-state index is 0.0238. The van der Waals surface area contributed by atoms with E-state index in [0.29, 0.717) is 27.6 Å². The van der Waals surface area contributed by atoms with Gasteiger partial charge in [0.05, 0.1) is 42.8 Å². The first-order valence-corrected chi connectivity index (χ1v) is 14.0. The summed E-state index contributed by atoms with van der Waals surface area (Å²) in [4.78, 5) is 38.0. The Morgan fingerprint density at radius 1 is 1.16 bits per heavy atom. The summed E-state index contributed by atoms with van der Waals surface area (Å²) in [7, 11) is 0. The molecule has 3 atom stereocenters. The average Bonchev–Trinajstić information content (AvgIpc) is 3.69. The predicted molar refractivity (Wildman–Crippen MR) is 140 cm³/mol. The van der Waals surface area contributed by atoms with Crippen LogP contribution in [0.15, 0.2) is 48.0 Å². The summed E-state index contributed by atoms with van der Waals surface area (Å²) in [5.74, 6) is -0.262. The Hall–Kier alpha value is -3.31. The Kier molecular flexibility index (Phi) is 6.22. The second-order valence-electron chi connectivity index (χ2n) is 9.71. The van der Waals surface area contributed by atoms with E-state index in [9.17, 15) is 22.8 Å². The van der Waals surface area contributed by atoms with Crippen molar-refractivity contribution in [2.75, 3.05) is 6.54 Å². The van der Waals surface area contributed by atoms with E-state index in [1.54, 1.807) is 30.6 Å². The van der Waals surface area contributed by atoms with Gasteiger partial charge in [-0.1, -0.05) is 18.2 Å². The number of thiazole rings is 2. The lowest BCUT2D eigenvalue weighted by molar-refractivity contribution is -0.137. The normalized spacial score (nSPS) is 20.8. The van der Waals surface area contributed by atoms with Gasteiger partial charge in [0.1, 0.15) is 5.69 Å². The van der Waals surface area contributed by atoms with Crippen LogP contribution in [-0.4, -0.2) is 45.3 Å². The zero-order valence-corrected chi connectivity index (χ0v) is 21.9. The number of amides is 2. The van der Waals surface area contributed by atoms with E-state index in [0.717, 1.165) is 41.6 Å². The summed E-state index contributed by atoms with van der Waals surface area (Å²) in [5, 5.41) is 3.63. The van der Waals surface area contributed by atoms with Crippen LogP contribution in [0.3, 0.4) is 0 Å². The Labute approximate surface area is 224 Å². The molecule has 6 rings (SSSR count). The second-order valence-corrected chi connectivity index (χ2v) is 11.8. The third-order valence-electron chi connectivity index (χ3n) is 7.44. The van der Waals surface area contributed by atoms with Crippen LogP contribution >= 0.6 is 22.7 Å². The minimum atomic E-state index is -4.49. The number of piperidine rings is 1. The quantitative estimate of drug-likeness (QED) is 0.319. The molecule has 4 aromatic rings. The molecule has 2 bridgehead atoms. The number of nitrogens with zero attached hydrogens (tertiary/aromatic N) is 3. The summed E-state index contributed by atoms with van der Waals surface area (Å²) in [5.41, 5.74) is 2.74. The van der Waals surface area contributed by atoms with Gasteiger partial charge in [0, 0.05) is 12.6 Å². The van der Waals surface area contributed by atoms with Crippen molar-refractivity contribution in [1.29, 1.82) is 0 Å². The number of carbonyl (C=O) groups excluding carboxylic acids is 2. The lowest BCUT2D eigenvalue weighted by atomic mass is 9.97. The molecule has 1 aliphatic heterocycles. The van der Waals surface area contributed by atoms with Gasteiger partial charge >= 0.3 is 6.18 Å². The van der Waals surface area contributed by atoms with Gasteiger partial charge in [-0.3, -0.25) is 9.59 Å². The molecule has 1 aliphatic carbocycles. The monoisotopic (exact) mass is 556 g/mol. The number of alkyl halides is 3. The number of hydrogen-bond acceptors (Lipinski definition) is 6. The van der Waals surface area contributed by atoms with Crippen LogP contribution in [-0.2, 0) is 6.18 Å². The highest BCUT2D eigenvalue weighted by Crippen LogP contribution is 2.44. The number of rotatable bonds is 5. The van der Waals surface area contributed by atoms with Crippen molar-refractivity contribution in [3.05, 3.63) is 69.8 Å². The molecule has 196 valence electrons. The van der Waals surface area contributed by atoms with Crippen LogP contribution in [0, 0.1) is 12.8 Å². The van der Waals surface area contributed by atoms with Gasteiger partial charge in [-0.05, 0) is 61.9 Å². The van der Waals surface area contributed by atoms with Crippen LogP contribution < -0.4 is 5.32 Å². The number of aromatic nitrogens is 2. The highest BCUT2D eigenvalue weighted by atomic mass is 32.1. The number of halogens is 3. The van der Waals surface area contributed by atoms with E-state index in [4.69, 9.17) is 0 Å². The fraction of sp³-hybridized carbons (Fsp3) is 0.333. The lowest BCUT2D eigenvalue weighted by Crippen LogP contribution is -2.50. The summed E-state index contributed by atoms with van der Waals surface area (Å²) in [6.07, 6.45) is -1.81. The first-order chi connectivity index (χ1) is 18.2. The van der Waals surface area contributed by atoms with Gasteiger partial charge in [-0.2, -0.15) is 13.2 Å². The van der Waals surface area contributed by atoms with E-state index in [2.05, 4.69) is 15.3 Å². The van der Waals surface area contributed by atoms with Crippen molar-refractivity contribution in [1.82, 2.24) is 20.2 Å². The molecule has 6 nitrogen and oxygen atoms in total. The fourth-order valence-electron chi connectivity index (χ4n) is 5.76. The third kappa shape index (κ3) is 4.37. The lowest BCUT2D eigenvalue weighted by Gasteiger charge is -2.35. The van der Waals surface area contributed by atoms with Gasteiger partial charge in [-0.15, -0.1) is 22.7 Å². The first kappa shape index (κ1) is 25.0. The van der Waals surface area contributed by atoms with Crippen molar-refractivity contribution in [2.24, 2.45) is 5.92 Å². The Morgan fingerprint density at radius 2 is 1.97 bits per heavy atom. The van der Waals surface area contributed by atoms with Crippen molar-refractivity contribution >= 4 is 44.7 Å². The molecule has 38 heavy (non-hydrogen) atoms. The molecule has 2 aliphatic rings. The van der Waals surface area contributed by atoms with Gasteiger partial charge < -0.3 is 10.2 Å². The van der Waals surface area contributed by atoms with Gasteiger partial charge in [0.15, 0.2) is 0 Å². The summed E-state index contributed by atoms with van der Waals surface area (Å²) < 4.78 is 40.9. The molecule has 0 radical (unpaired) electrons. The highest BCUT2D eigenvalue weighted by molar-refractivity contribution is 7.17. The second kappa shape index (κ2) is 9.46. The number of carbonyl (C=O) groups is 2. The Morgan fingerprint density at radius 3 is 2.79 bits per heavy atom. The molecular weight excluding hydrogens is 533 g/mol. The van der Waals surface area contributed by atoms with Crippen molar-refractivity contribution in [2.45, 2.75) is 44.4 Å². The number of likely N-dealkylation sites (tertiary alicyclic amines) is 1. The fourth-order valence-corrected chi connectivity index (χ4v) is 7.46. The summed E-state index contributed by atoms with van der Waals surface area (Å²) >= 11 is 2.62. The maximum atomic E-state index is 13.9. The van der Waals surface area contributed by atoms with Crippen molar-refractivity contribution in [3.63, 3.8) is 0 Å². The minimum Gasteiger partial charge on any atom is -0.350 e. The molecule has 3 heterocycles. The van der Waals surface area contributed by atoms with Gasteiger partial charge in [0.25, 0.3) is 11.8 Å². The topological polar surface area (TPSA) is 75.2 Å². The number of hydrogen-bond donors (Lipinski definition) is 1. The zero-order chi connectivity index (χ0) is 26.6. The molecule has 1 saturated heterocycles. The van der Waals surface area contributed by atoms with Crippen LogP contribution in [0.4, 0.5) is 13.2 Å². The number of benzene rings is 2. The zero-order valence-electron chi connectivity index (χ0n) is 20.3.